The number of pyridine rings is 1. The average molecular weight is 442 g/mol. The summed E-state index contributed by atoms with van der Waals surface area (Å²) >= 11 is 0. The Morgan fingerprint density at radius 1 is 0.688 bits per heavy atom. The van der Waals surface area contributed by atoms with E-state index in [1.54, 1.807) is 0 Å². The molecule has 0 aliphatic carbocycles. The molecule has 0 saturated heterocycles. The molecule has 32 heavy (non-hydrogen) atoms. The summed E-state index contributed by atoms with van der Waals surface area (Å²) in [7, 11) is 0. The Morgan fingerprint density at radius 2 is 1.19 bits per heavy atom. The SMILES string of the molecule is NCCCNCCC(N)Cc1cc(CC(N)CCNCCCN)cc(-c2ccncc2)c1. The molecule has 2 aromatic rings. The van der Waals surface area contributed by atoms with Gasteiger partial charge in [0.1, 0.15) is 0 Å². The van der Waals surface area contributed by atoms with Crippen LogP contribution in [0.5, 0.6) is 0 Å². The minimum absolute atomic E-state index is 0.112. The van der Waals surface area contributed by atoms with Crippen LogP contribution in [-0.2, 0) is 12.8 Å². The quantitative estimate of drug-likeness (QED) is 0.202. The van der Waals surface area contributed by atoms with Crippen LogP contribution in [0, 0.1) is 0 Å². The fraction of sp³-hybridized carbons (Fsp3) is 0.560. The van der Waals surface area contributed by atoms with Gasteiger partial charge in [0.05, 0.1) is 0 Å². The molecule has 10 N–H and O–H groups in total. The monoisotopic (exact) mass is 441 g/mol. The molecule has 0 aliphatic heterocycles. The maximum Gasteiger partial charge on any atom is 0.0273 e. The smallest absolute Gasteiger partial charge is 0.0273 e. The minimum Gasteiger partial charge on any atom is -0.330 e. The number of hydrogen-bond donors (Lipinski definition) is 6. The molecule has 1 aromatic carbocycles. The summed E-state index contributed by atoms with van der Waals surface area (Å²) in [6.07, 6.45) is 9.23. The zero-order chi connectivity index (χ0) is 23.0. The molecule has 2 unspecified atom stereocenters. The summed E-state index contributed by atoms with van der Waals surface area (Å²) in [6.45, 7) is 5.17. The molecule has 1 aromatic heterocycles. The Bertz CT molecular complexity index is 698. The second-order valence-electron chi connectivity index (χ2n) is 8.56. The van der Waals surface area contributed by atoms with E-state index in [-0.39, 0.29) is 12.1 Å². The molecule has 1 heterocycles. The van der Waals surface area contributed by atoms with E-state index in [1.165, 1.54) is 16.7 Å². The van der Waals surface area contributed by atoms with Gasteiger partial charge in [-0.3, -0.25) is 4.98 Å². The number of nitrogens with zero attached hydrogens (tertiary/aromatic N) is 1. The highest BCUT2D eigenvalue weighted by Gasteiger charge is 2.11. The van der Waals surface area contributed by atoms with E-state index < -0.39 is 0 Å². The van der Waals surface area contributed by atoms with E-state index in [4.69, 9.17) is 22.9 Å². The van der Waals surface area contributed by atoms with Gasteiger partial charge >= 0.3 is 0 Å². The lowest BCUT2D eigenvalue weighted by Gasteiger charge is -2.17. The second-order valence-corrected chi connectivity index (χ2v) is 8.56. The van der Waals surface area contributed by atoms with Gasteiger partial charge < -0.3 is 33.6 Å². The highest BCUT2D eigenvalue weighted by atomic mass is 14.9. The fourth-order valence-corrected chi connectivity index (χ4v) is 3.80. The first-order valence-electron chi connectivity index (χ1n) is 12.0. The largest absolute Gasteiger partial charge is 0.330 e. The third-order valence-electron chi connectivity index (χ3n) is 5.56. The molecular formula is C25H43N7. The predicted molar refractivity (Wildman–Crippen MR) is 135 cm³/mol. The van der Waals surface area contributed by atoms with Gasteiger partial charge in [-0.2, -0.15) is 0 Å². The number of nitrogens with two attached hydrogens (primary N) is 4. The van der Waals surface area contributed by atoms with E-state index in [2.05, 4.69) is 33.8 Å². The van der Waals surface area contributed by atoms with Crippen molar-refractivity contribution in [2.24, 2.45) is 22.9 Å². The van der Waals surface area contributed by atoms with Gasteiger partial charge in [0.2, 0.25) is 0 Å². The van der Waals surface area contributed by atoms with Crippen LogP contribution >= 0.6 is 0 Å². The molecule has 2 rings (SSSR count). The summed E-state index contributed by atoms with van der Waals surface area (Å²) in [5, 5.41) is 6.83. The fourth-order valence-electron chi connectivity index (χ4n) is 3.80. The third-order valence-corrected chi connectivity index (χ3v) is 5.56. The van der Waals surface area contributed by atoms with Crippen molar-refractivity contribution < 1.29 is 0 Å². The Kier molecular flexibility index (Phi) is 13.1. The summed E-state index contributed by atoms with van der Waals surface area (Å²) in [5.74, 6) is 0. The summed E-state index contributed by atoms with van der Waals surface area (Å²) < 4.78 is 0. The summed E-state index contributed by atoms with van der Waals surface area (Å²) in [5.41, 5.74) is 28.9. The van der Waals surface area contributed by atoms with Gasteiger partial charge in [0, 0.05) is 24.5 Å². The van der Waals surface area contributed by atoms with Crippen LogP contribution in [0.1, 0.15) is 36.8 Å². The lowest BCUT2D eigenvalue weighted by atomic mass is 9.93. The predicted octanol–water partition coefficient (Wildman–Crippen LogP) is 1.15. The maximum atomic E-state index is 6.45. The molecule has 0 aliphatic rings. The Hall–Kier alpha value is -1.87. The Balaban J connectivity index is 2.00. The Morgan fingerprint density at radius 3 is 1.66 bits per heavy atom. The zero-order valence-corrected chi connectivity index (χ0v) is 19.4. The maximum absolute atomic E-state index is 6.45. The van der Waals surface area contributed by atoms with Crippen LogP contribution in [0.4, 0.5) is 0 Å². The van der Waals surface area contributed by atoms with Crippen LogP contribution in [0.15, 0.2) is 42.7 Å². The standard InChI is InChI=1S/C25H43N7/c26-7-1-9-30-13-5-24(28)18-20-15-21(19-25(29)6-14-31-10-2-8-27)17-23(16-20)22-3-11-32-12-4-22/h3-4,11-12,15-17,24-25,30-31H,1-2,5-10,13-14,18-19,26-29H2. The normalized spacial score (nSPS) is 13.2. The first-order chi connectivity index (χ1) is 15.6. The van der Waals surface area contributed by atoms with Crippen molar-refractivity contribution in [2.45, 2.75) is 50.6 Å². The zero-order valence-electron chi connectivity index (χ0n) is 19.4. The van der Waals surface area contributed by atoms with Gasteiger partial charge in [-0.25, -0.2) is 0 Å². The molecule has 0 fully saturated rings. The van der Waals surface area contributed by atoms with Crippen molar-refractivity contribution in [1.29, 1.82) is 0 Å². The summed E-state index contributed by atoms with van der Waals surface area (Å²) in [6, 6.07) is 11.1. The lowest BCUT2D eigenvalue weighted by molar-refractivity contribution is 0.549. The van der Waals surface area contributed by atoms with Gasteiger partial charge in [-0.1, -0.05) is 18.2 Å². The lowest BCUT2D eigenvalue weighted by Crippen LogP contribution is -2.30. The third kappa shape index (κ3) is 10.6. The van der Waals surface area contributed by atoms with Crippen molar-refractivity contribution in [3.63, 3.8) is 0 Å². The van der Waals surface area contributed by atoms with Crippen LogP contribution in [0.2, 0.25) is 0 Å². The van der Waals surface area contributed by atoms with Gasteiger partial charge in [-0.15, -0.1) is 0 Å². The summed E-state index contributed by atoms with van der Waals surface area (Å²) in [4.78, 5) is 4.15. The van der Waals surface area contributed by atoms with E-state index >= 15 is 0 Å². The number of benzene rings is 1. The topological polar surface area (TPSA) is 141 Å². The van der Waals surface area contributed by atoms with Crippen molar-refractivity contribution in [3.8, 4) is 11.1 Å². The van der Waals surface area contributed by atoms with Crippen molar-refractivity contribution >= 4 is 0 Å². The first kappa shape index (κ1) is 26.4. The van der Waals surface area contributed by atoms with Crippen LogP contribution in [0.3, 0.4) is 0 Å². The van der Waals surface area contributed by atoms with Gasteiger partial charge in [0.15, 0.2) is 0 Å². The number of hydrogen-bond acceptors (Lipinski definition) is 7. The molecule has 2 atom stereocenters. The first-order valence-corrected chi connectivity index (χ1v) is 12.0. The molecule has 7 heteroatoms. The molecule has 0 saturated carbocycles. The highest BCUT2D eigenvalue weighted by molar-refractivity contribution is 5.64. The molecule has 0 spiro atoms. The van der Waals surface area contributed by atoms with Gasteiger partial charge in [-0.05, 0) is 112 Å². The molecular weight excluding hydrogens is 398 g/mol. The van der Waals surface area contributed by atoms with E-state index in [1.807, 2.05) is 24.5 Å². The van der Waals surface area contributed by atoms with Crippen molar-refractivity contribution in [1.82, 2.24) is 15.6 Å². The van der Waals surface area contributed by atoms with E-state index in [0.717, 1.165) is 83.4 Å². The van der Waals surface area contributed by atoms with Crippen molar-refractivity contribution in [3.05, 3.63) is 53.9 Å². The number of rotatable bonds is 17. The molecule has 0 radical (unpaired) electrons. The Labute approximate surface area is 193 Å². The molecule has 0 amide bonds. The number of aromatic nitrogens is 1. The van der Waals surface area contributed by atoms with Crippen LogP contribution in [-0.4, -0.2) is 56.3 Å². The molecule has 178 valence electrons. The van der Waals surface area contributed by atoms with Crippen LogP contribution in [0.25, 0.3) is 11.1 Å². The molecule has 7 nitrogen and oxygen atoms in total. The second kappa shape index (κ2) is 15.9. The van der Waals surface area contributed by atoms with Crippen LogP contribution < -0.4 is 33.6 Å². The van der Waals surface area contributed by atoms with Gasteiger partial charge in [0.25, 0.3) is 0 Å². The van der Waals surface area contributed by atoms with E-state index in [0.29, 0.717) is 0 Å². The van der Waals surface area contributed by atoms with Crippen molar-refractivity contribution in [2.75, 3.05) is 39.3 Å². The highest BCUT2D eigenvalue weighted by Crippen LogP contribution is 2.24. The minimum atomic E-state index is 0.112. The van der Waals surface area contributed by atoms with E-state index in [9.17, 15) is 0 Å². The average Bonchev–Trinajstić information content (AvgIpc) is 2.79. The molecule has 0 bridgehead atoms. The number of nitrogens with one attached hydrogen (secondary N) is 2.